The van der Waals surface area contributed by atoms with Crippen molar-refractivity contribution in [1.82, 2.24) is 4.90 Å². The molecule has 1 rings (SSSR count). The van der Waals surface area contributed by atoms with Crippen molar-refractivity contribution >= 4 is 0 Å². The molecule has 78 valence electrons. The molecule has 1 fully saturated rings. The largest absolute Gasteiger partial charge is 0.303 e. The van der Waals surface area contributed by atoms with Crippen molar-refractivity contribution in [3.8, 4) is 0 Å². The highest BCUT2D eigenvalue weighted by atomic mass is 15.1. The summed E-state index contributed by atoms with van der Waals surface area (Å²) in [6.07, 6.45) is 7.08. The molecule has 0 N–H and O–H groups in total. The van der Waals surface area contributed by atoms with Gasteiger partial charge in [0.25, 0.3) is 0 Å². The Morgan fingerprint density at radius 2 is 1.46 bits per heavy atom. The lowest BCUT2D eigenvalue weighted by molar-refractivity contribution is 0.234. The SMILES string of the molecule is CC(C)(C)CCN1CCCCCC1. The molecule has 1 aliphatic rings. The fourth-order valence-electron chi connectivity index (χ4n) is 1.85. The Labute approximate surface area is 83.5 Å². The molecular formula is C12H25N. The van der Waals surface area contributed by atoms with Crippen LogP contribution in [0.25, 0.3) is 0 Å². The maximum Gasteiger partial charge on any atom is -0.00138 e. The third-order valence-electron chi connectivity index (χ3n) is 2.88. The molecule has 0 aromatic carbocycles. The number of likely N-dealkylation sites (tertiary alicyclic amines) is 1. The highest BCUT2D eigenvalue weighted by molar-refractivity contribution is 4.68. The Hall–Kier alpha value is -0.0400. The summed E-state index contributed by atoms with van der Waals surface area (Å²) >= 11 is 0. The average molecular weight is 183 g/mol. The van der Waals surface area contributed by atoms with E-state index in [1.165, 1.54) is 51.7 Å². The minimum atomic E-state index is 0.506. The summed E-state index contributed by atoms with van der Waals surface area (Å²) in [6, 6.07) is 0. The molecule has 0 radical (unpaired) electrons. The van der Waals surface area contributed by atoms with E-state index in [0.29, 0.717) is 5.41 Å². The third-order valence-corrected chi connectivity index (χ3v) is 2.88. The second kappa shape index (κ2) is 4.99. The third kappa shape index (κ3) is 5.30. The lowest BCUT2D eigenvalue weighted by atomic mass is 9.92. The van der Waals surface area contributed by atoms with Gasteiger partial charge in [-0.1, -0.05) is 33.6 Å². The molecule has 0 aromatic heterocycles. The van der Waals surface area contributed by atoms with E-state index in [9.17, 15) is 0 Å². The molecule has 0 atom stereocenters. The first-order valence-corrected chi connectivity index (χ1v) is 5.80. The monoisotopic (exact) mass is 183 g/mol. The molecule has 0 amide bonds. The van der Waals surface area contributed by atoms with Crippen molar-refractivity contribution in [2.75, 3.05) is 19.6 Å². The summed E-state index contributed by atoms with van der Waals surface area (Å²) in [5, 5.41) is 0. The minimum Gasteiger partial charge on any atom is -0.303 e. The van der Waals surface area contributed by atoms with E-state index in [4.69, 9.17) is 0 Å². The van der Waals surface area contributed by atoms with Crippen molar-refractivity contribution in [2.24, 2.45) is 5.41 Å². The second-order valence-electron chi connectivity index (χ2n) is 5.57. The Bertz CT molecular complexity index is 127. The van der Waals surface area contributed by atoms with Gasteiger partial charge in [-0.25, -0.2) is 0 Å². The van der Waals surface area contributed by atoms with Crippen LogP contribution in [0.1, 0.15) is 52.9 Å². The summed E-state index contributed by atoms with van der Waals surface area (Å²) in [7, 11) is 0. The molecule has 1 saturated heterocycles. The van der Waals surface area contributed by atoms with Gasteiger partial charge in [0.15, 0.2) is 0 Å². The zero-order valence-electron chi connectivity index (χ0n) is 9.60. The van der Waals surface area contributed by atoms with Crippen molar-refractivity contribution in [3.05, 3.63) is 0 Å². The summed E-state index contributed by atoms with van der Waals surface area (Å²) in [5.41, 5.74) is 0.506. The molecule has 1 aliphatic heterocycles. The molecular weight excluding hydrogens is 158 g/mol. The fraction of sp³-hybridized carbons (Fsp3) is 1.00. The molecule has 1 nitrogen and oxygen atoms in total. The van der Waals surface area contributed by atoms with Gasteiger partial charge in [-0.15, -0.1) is 0 Å². The van der Waals surface area contributed by atoms with Gasteiger partial charge < -0.3 is 4.90 Å². The maximum absolute atomic E-state index is 2.65. The van der Waals surface area contributed by atoms with E-state index in [2.05, 4.69) is 25.7 Å². The van der Waals surface area contributed by atoms with Gasteiger partial charge in [-0.3, -0.25) is 0 Å². The number of rotatable bonds is 2. The Morgan fingerprint density at radius 3 is 1.92 bits per heavy atom. The molecule has 13 heavy (non-hydrogen) atoms. The summed E-state index contributed by atoms with van der Waals surface area (Å²) in [5.74, 6) is 0. The predicted octanol–water partition coefficient (Wildman–Crippen LogP) is 3.30. The van der Waals surface area contributed by atoms with Gasteiger partial charge in [0.1, 0.15) is 0 Å². The molecule has 0 spiro atoms. The molecule has 1 heterocycles. The molecule has 0 bridgehead atoms. The molecule has 0 aliphatic carbocycles. The highest BCUT2D eigenvalue weighted by Crippen LogP contribution is 2.20. The van der Waals surface area contributed by atoms with Crippen LogP contribution in [-0.2, 0) is 0 Å². The van der Waals surface area contributed by atoms with E-state index in [-0.39, 0.29) is 0 Å². The zero-order chi connectivity index (χ0) is 9.73. The second-order valence-corrected chi connectivity index (χ2v) is 5.57. The quantitative estimate of drug-likeness (QED) is 0.635. The Balaban J connectivity index is 2.19. The Morgan fingerprint density at radius 1 is 0.923 bits per heavy atom. The number of hydrogen-bond donors (Lipinski definition) is 0. The van der Waals surface area contributed by atoms with Crippen LogP contribution in [0.4, 0.5) is 0 Å². The number of hydrogen-bond acceptors (Lipinski definition) is 1. The van der Waals surface area contributed by atoms with Crippen molar-refractivity contribution in [1.29, 1.82) is 0 Å². The normalized spacial score (nSPS) is 21.5. The van der Waals surface area contributed by atoms with Gasteiger partial charge >= 0.3 is 0 Å². The topological polar surface area (TPSA) is 3.24 Å². The first-order chi connectivity index (χ1) is 6.08. The highest BCUT2D eigenvalue weighted by Gasteiger charge is 2.14. The summed E-state index contributed by atoms with van der Waals surface area (Å²) in [4.78, 5) is 2.65. The van der Waals surface area contributed by atoms with Gasteiger partial charge in [-0.2, -0.15) is 0 Å². The predicted molar refractivity (Wildman–Crippen MR) is 59.0 cm³/mol. The van der Waals surface area contributed by atoms with E-state index >= 15 is 0 Å². The van der Waals surface area contributed by atoms with E-state index in [0.717, 1.165) is 0 Å². The first kappa shape index (κ1) is 11.0. The molecule has 0 unspecified atom stereocenters. The van der Waals surface area contributed by atoms with Crippen LogP contribution in [0, 0.1) is 5.41 Å². The maximum atomic E-state index is 2.65. The molecule has 0 aromatic rings. The smallest absolute Gasteiger partial charge is 0.00138 e. The lowest BCUT2D eigenvalue weighted by Crippen LogP contribution is -2.28. The van der Waals surface area contributed by atoms with Gasteiger partial charge in [0, 0.05) is 0 Å². The average Bonchev–Trinajstić information content (AvgIpc) is 2.26. The zero-order valence-corrected chi connectivity index (χ0v) is 9.60. The van der Waals surface area contributed by atoms with Crippen LogP contribution in [-0.4, -0.2) is 24.5 Å². The first-order valence-electron chi connectivity index (χ1n) is 5.80. The summed E-state index contributed by atoms with van der Waals surface area (Å²) < 4.78 is 0. The van der Waals surface area contributed by atoms with Gasteiger partial charge in [0.05, 0.1) is 0 Å². The molecule has 1 heteroatoms. The van der Waals surface area contributed by atoms with Gasteiger partial charge in [0.2, 0.25) is 0 Å². The standard InChI is InChI=1S/C12H25N/c1-12(2,3)8-11-13-9-6-4-5-7-10-13/h4-11H2,1-3H3. The van der Waals surface area contributed by atoms with Crippen LogP contribution in [0.5, 0.6) is 0 Å². The lowest BCUT2D eigenvalue weighted by Gasteiger charge is -2.25. The van der Waals surface area contributed by atoms with Gasteiger partial charge in [-0.05, 0) is 44.3 Å². The minimum absolute atomic E-state index is 0.506. The van der Waals surface area contributed by atoms with Crippen molar-refractivity contribution in [2.45, 2.75) is 52.9 Å². The molecule has 0 saturated carbocycles. The van der Waals surface area contributed by atoms with Crippen LogP contribution in [0.15, 0.2) is 0 Å². The Kier molecular flexibility index (Phi) is 4.24. The summed E-state index contributed by atoms with van der Waals surface area (Å²) in [6.45, 7) is 11.0. The van der Waals surface area contributed by atoms with E-state index in [1.807, 2.05) is 0 Å². The van der Waals surface area contributed by atoms with Crippen LogP contribution in [0.3, 0.4) is 0 Å². The fourth-order valence-corrected chi connectivity index (χ4v) is 1.85. The van der Waals surface area contributed by atoms with Crippen LogP contribution in [0.2, 0.25) is 0 Å². The van der Waals surface area contributed by atoms with Crippen molar-refractivity contribution in [3.63, 3.8) is 0 Å². The number of nitrogens with zero attached hydrogens (tertiary/aromatic N) is 1. The van der Waals surface area contributed by atoms with Crippen LogP contribution >= 0.6 is 0 Å². The van der Waals surface area contributed by atoms with E-state index in [1.54, 1.807) is 0 Å². The van der Waals surface area contributed by atoms with E-state index < -0.39 is 0 Å². The van der Waals surface area contributed by atoms with Crippen LogP contribution < -0.4 is 0 Å². The van der Waals surface area contributed by atoms with Crippen molar-refractivity contribution < 1.29 is 0 Å².